The van der Waals surface area contributed by atoms with E-state index in [1.807, 2.05) is 29.2 Å². The van der Waals surface area contributed by atoms with E-state index >= 15 is 0 Å². The summed E-state index contributed by atoms with van der Waals surface area (Å²) in [6.45, 7) is 3.39. The van der Waals surface area contributed by atoms with Gasteiger partial charge in [-0.3, -0.25) is 4.79 Å². The Morgan fingerprint density at radius 2 is 2.07 bits per heavy atom. The van der Waals surface area contributed by atoms with Gasteiger partial charge in [0.15, 0.2) is 11.6 Å². The monoisotopic (exact) mass is 428 g/mol. The number of nitrogens with zero attached hydrogens (tertiary/aromatic N) is 4. The molecule has 1 saturated heterocycles. The summed E-state index contributed by atoms with van der Waals surface area (Å²) in [7, 11) is 1.67. The minimum Gasteiger partial charge on any atom is -0.461 e. The molecule has 0 N–H and O–H groups in total. The summed E-state index contributed by atoms with van der Waals surface area (Å²) in [5.41, 5.74) is 0.729. The van der Waals surface area contributed by atoms with Crippen molar-refractivity contribution in [2.75, 3.05) is 44.8 Å². The predicted molar refractivity (Wildman–Crippen MR) is 117 cm³/mol. The van der Waals surface area contributed by atoms with Crippen molar-refractivity contribution in [2.45, 2.75) is 19.3 Å². The fraction of sp³-hybridized carbons (Fsp3) is 0.409. The van der Waals surface area contributed by atoms with Gasteiger partial charge in [-0.05, 0) is 43.2 Å². The third-order valence-corrected chi connectivity index (χ3v) is 5.53. The second-order valence-corrected chi connectivity index (χ2v) is 7.76. The van der Waals surface area contributed by atoms with Gasteiger partial charge in [0, 0.05) is 50.1 Å². The highest BCUT2D eigenvalue weighted by Crippen LogP contribution is 2.30. The van der Waals surface area contributed by atoms with Gasteiger partial charge in [0.05, 0.1) is 18.4 Å². The first kappa shape index (κ1) is 20.6. The normalized spacial score (nSPS) is 13.9. The summed E-state index contributed by atoms with van der Waals surface area (Å²) >= 11 is 6.22. The lowest BCUT2D eigenvalue weighted by Crippen LogP contribution is -2.35. The average molecular weight is 429 g/mol. The Labute approximate surface area is 180 Å². The fourth-order valence-corrected chi connectivity index (χ4v) is 3.89. The van der Waals surface area contributed by atoms with Crippen LogP contribution >= 0.6 is 11.6 Å². The summed E-state index contributed by atoms with van der Waals surface area (Å²) < 4.78 is 10.8. The molecule has 8 heteroatoms. The number of amides is 1. The van der Waals surface area contributed by atoms with Gasteiger partial charge >= 0.3 is 0 Å². The van der Waals surface area contributed by atoms with Crippen molar-refractivity contribution >= 4 is 34.2 Å². The Kier molecular flexibility index (Phi) is 6.50. The SMILES string of the molecule is COCCN(CCC(=O)N1CCCC1)c1nc(-c2ccco2)nc2cc(Cl)ccc12. The molecular weight excluding hydrogens is 404 g/mol. The van der Waals surface area contributed by atoms with Crippen molar-refractivity contribution in [1.29, 1.82) is 0 Å². The van der Waals surface area contributed by atoms with E-state index in [9.17, 15) is 4.79 Å². The van der Waals surface area contributed by atoms with E-state index in [1.165, 1.54) is 0 Å². The molecule has 0 spiro atoms. The highest BCUT2D eigenvalue weighted by Gasteiger charge is 2.21. The van der Waals surface area contributed by atoms with Gasteiger partial charge in [-0.1, -0.05) is 11.6 Å². The van der Waals surface area contributed by atoms with Crippen LogP contribution in [-0.4, -0.2) is 60.7 Å². The van der Waals surface area contributed by atoms with Crippen molar-refractivity contribution in [3.05, 3.63) is 41.6 Å². The van der Waals surface area contributed by atoms with Crippen LogP contribution in [-0.2, 0) is 9.53 Å². The van der Waals surface area contributed by atoms with Gasteiger partial charge in [-0.15, -0.1) is 0 Å². The zero-order valence-corrected chi connectivity index (χ0v) is 17.8. The van der Waals surface area contributed by atoms with Crippen molar-refractivity contribution in [3.63, 3.8) is 0 Å². The van der Waals surface area contributed by atoms with Gasteiger partial charge in [0.2, 0.25) is 5.91 Å². The molecule has 0 unspecified atom stereocenters. The second-order valence-electron chi connectivity index (χ2n) is 7.33. The number of halogens is 1. The van der Waals surface area contributed by atoms with E-state index in [0.29, 0.717) is 42.7 Å². The predicted octanol–water partition coefficient (Wildman–Crippen LogP) is 4.01. The van der Waals surface area contributed by atoms with E-state index in [-0.39, 0.29) is 5.91 Å². The number of carbonyl (C=O) groups excluding carboxylic acids is 1. The number of benzene rings is 1. The molecule has 1 aliphatic rings. The van der Waals surface area contributed by atoms with Gasteiger partial charge in [0.1, 0.15) is 5.82 Å². The Hall–Kier alpha value is -2.64. The first-order valence-corrected chi connectivity index (χ1v) is 10.6. The van der Waals surface area contributed by atoms with Gasteiger partial charge in [-0.2, -0.15) is 0 Å². The maximum Gasteiger partial charge on any atom is 0.224 e. The number of ether oxygens (including phenoxy) is 1. The second kappa shape index (κ2) is 9.45. The van der Waals surface area contributed by atoms with Crippen LogP contribution in [0.2, 0.25) is 5.02 Å². The molecule has 3 aromatic rings. The first-order valence-electron chi connectivity index (χ1n) is 10.2. The highest BCUT2D eigenvalue weighted by atomic mass is 35.5. The van der Waals surface area contributed by atoms with E-state index in [1.54, 1.807) is 19.4 Å². The van der Waals surface area contributed by atoms with E-state index < -0.39 is 0 Å². The molecule has 1 fully saturated rings. The number of hydrogen-bond donors (Lipinski definition) is 0. The number of methoxy groups -OCH3 is 1. The lowest BCUT2D eigenvalue weighted by Gasteiger charge is -2.26. The number of furan rings is 1. The molecule has 2 aromatic heterocycles. The summed E-state index contributed by atoms with van der Waals surface area (Å²) in [6, 6.07) is 9.19. The maximum absolute atomic E-state index is 12.6. The molecule has 0 bridgehead atoms. The van der Waals surface area contributed by atoms with E-state index in [2.05, 4.69) is 9.88 Å². The topological polar surface area (TPSA) is 71.7 Å². The van der Waals surface area contributed by atoms with Crippen molar-refractivity contribution < 1.29 is 13.9 Å². The molecule has 7 nitrogen and oxygen atoms in total. The molecule has 1 aromatic carbocycles. The van der Waals surface area contributed by atoms with Crippen LogP contribution in [0.25, 0.3) is 22.5 Å². The number of likely N-dealkylation sites (tertiary alicyclic amines) is 1. The largest absolute Gasteiger partial charge is 0.461 e. The highest BCUT2D eigenvalue weighted by molar-refractivity contribution is 6.31. The molecule has 30 heavy (non-hydrogen) atoms. The Morgan fingerprint density at radius 3 is 2.80 bits per heavy atom. The summed E-state index contributed by atoms with van der Waals surface area (Å²) in [5.74, 6) is 1.99. The smallest absolute Gasteiger partial charge is 0.224 e. The summed E-state index contributed by atoms with van der Waals surface area (Å²) in [4.78, 5) is 26.1. The van der Waals surface area contributed by atoms with Gasteiger partial charge < -0.3 is 19.0 Å². The Bertz CT molecular complexity index is 1000. The molecular formula is C22H25ClN4O3. The van der Waals surface area contributed by atoms with E-state index in [0.717, 1.165) is 42.7 Å². The van der Waals surface area contributed by atoms with Crippen LogP contribution in [0.5, 0.6) is 0 Å². The molecule has 158 valence electrons. The van der Waals surface area contributed by atoms with Gasteiger partial charge in [0.25, 0.3) is 0 Å². The van der Waals surface area contributed by atoms with Crippen molar-refractivity contribution in [1.82, 2.24) is 14.9 Å². The third-order valence-electron chi connectivity index (χ3n) is 5.30. The minimum absolute atomic E-state index is 0.183. The Balaban J connectivity index is 1.68. The van der Waals surface area contributed by atoms with Crippen molar-refractivity contribution in [2.24, 2.45) is 0 Å². The molecule has 1 aliphatic heterocycles. The number of hydrogen-bond acceptors (Lipinski definition) is 6. The number of rotatable bonds is 8. The molecule has 0 atom stereocenters. The van der Waals surface area contributed by atoms with Crippen LogP contribution in [0.4, 0.5) is 5.82 Å². The summed E-state index contributed by atoms with van der Waals surface area (Å²) in [6.07, 6.45) is 4.20. The van der Waals surface area contributed by atoms with Gasteiger partial charge in [-0.25, -0.2) is 9.97 Å². The van der Waals surface area contributed by atoms with E-state index in [4.69, 9.17) is 25.7 Å². The number of fused-ring (bicyclic) bond motifs is 1. The summed E-state index contributed by atoms with van der Waals surface area (Å²) in [5, 5.41) is 1.48. The van der Waals surface area contributed by atoms with Crippen LogP contribution in [0.15, 0.2) is 41.0 Å². The zero-order valence-electron chi connectivity index (χ0n) is 17.0. The number of anilines is 1. The quantitative estimate of drug-likeness (QED) is 0.539. The molecule has 0 saturated carbocycles. The first-order chi connectivity index (χ1) is 14.7. The molecule has 0 aliphatic carbocycles. The minimum atomic E-state index is 0.183. The fourth-order valence-electron chi connectivity index (χ4n) is 3.72. The molecule has 0 radical (unpaired) electrons. The van der Waals surface area contributed by atoms with Crippen LogP contribution in [0.3, 0.4) is 0 Å². The molecule has 4 rings (SSSR count). The van der Waals surface area contributed by atoms with Crippen LogP contribution in [0, 0.1) is 0 Å². The molecule has 1 amide bonds. The maximum atomic E-state index is 12.6. The Morgan fingerprint density at radius 1 is 1.23 bits per heavy atom. The number of aromatic nitrogens is 2. The zero-order chi connectivity index (χ0) is 20.9. The van der Waals surface area contributed by atoms with Crippen LogP contribution in [0.1, 0.15) is 19.3 Å². The lowest BCUT2D eigenvalue weighted by molar-refractivity contribution is -0.129. The average Bonchev–Trinajstić information content (AvgIpc) is 3.47. The molecule has 3 heterocycles. The third kappa shape index (κ3) is 4.57. The lowest BCUT2D eigenvalue weighted by atomic mass is 10.2. The van der Waals surface area contributed by atoms with Crippen molar-refractivity contribution in [3.8, 4) is 11.6 Å². The number of carbonyl (C=O) groups is 1. The standard InChI is InChI=1S/C22H25ClN4O3/c1-29-14-12-27(11-8-20(28)26-9-2-3-10-26)22-17-7-6-16(23)15-18(17)24-21(25-22)19-5-4-13-30-19/h4-7,13,15H,2-3,8-12,14H2,1H3. The van der Waals surface area contributed by atoms with Crippen LogP contribution < -0.4 is 4.90 Å².